The first-order chi connectivity index (χ1) is 25.8. The van der Waals surface area contributed by atoms with Gasteiger partial charge in [-0.1, -0.05) is 173 Å². The van der Waals surface area contributed by atoms with E-state index in [4.69, 9.17) is 0 Å². The first kappa shape index (κ1) is 34.6. The van der Waals surface area contributed by atoms with E-state index < -0.39 is 0 Å². The molecule has 260 valence electrons. The Morgan fingerprint density at radius 3 is 1.26 bits per heavy atom. The Balaban J connectivity index is 1.21. The second-order valence-corrected chi connectivity index (χ2v) is 15.3. The van der Waals surface area contributed by atoms with E-state index in [0.717, 1.165) is 51.1 Å². The van der Waals surface area contributed by atoms with E-state index >= 15 is 0 Å². The number of hydrogen-bond donors (Lipinski definition) is 2. The molecular weight excluding hydrogens is 661 g/mol. The minimum Gasteiger partial charge on any atom is -0.298 e. The molecule has 1 aliphatic carbocycles. The molecule has 0 saturated carbocycles. The van der Waals surface area contributed by atoms with Gasteiger partial charge in [0.15, 0.2) is 0 Å². The van der Waals surface area contributed by atoms with Crippen LogP contribution in [0.2, 0.25) is 0 Å². The van der Waals surface area contributed by atoms with Crippen LogP contribution in [-0.2, 0) is 12.8 Å². The third-order valence-electron chi connectivity index (χ3n) is 10.5. The lowest BCUT2D eigenvalue weighted by molar-refractivity contribution is 0.650. The van der Waals surface area contributed by atoms with Crippen molar-refractivity contribution >= 4 is 56.9 Å². The number of hydrogen-bond acceptors (Lipinski definition) is 3. The van der Waals surface area contributed by atoms with Crippen LogP contribution < -0.4 is 10.4 Å². The Kier molecular flexibility index (Phi) is 9.45. The lowest BCUT2D eigenvalue weighted by atomic mass is 9.83. The van der Waals surface area contributed by atoms with Gasteiger partial charge in [0.25, 0.3) is 0 Å². The minimum absolute atomic E-state index is 0.376. The molecule has 0 atom stereocenters. The molecule has 1 aliphatic rings. The first-order valence-electron chi connectivity index (χ1n) is 18.7. The van der Waals surface area contributed by atoms with Crippen molar-refractivity contribution in [1.29, 1.82) is 5.41 Å². The highest BCUT2D eigenvalue weighted by Crippen LogP contribution is 2.35. The average Bonchev–Trinajstić information content (AvgIpc) is 3.18. The van der Waals surface area contributed by atoms with Crippen LogP contribution in [0.15, 0.2) is 150 Å². The van der Waals surface area contributed by atoms with Gasteiger partial charge in [0.2, 0.25) is 0 Å². The molecule has 0 radical (unpaired) electrons. The third-order valence-corrected chi connectivity index (χ3v) is 10.7. The highest BCUT2D eigenvalue weighted by atomic mass is 32.1. The molecule has 0 heterocycles. The Morgan fingerprint density at radius 1 is 0.453 bits per heavy atom. The standard InChI is InChI=1S/C50H44N2S/c1-31(2)29-37-25-27-41(43-13-7-5-11-39(37)43)33-17-21-35(22-18-33)47-45-15-9-10-16-46(45)48(50(52-53)49(47)51)36-23-19-34(20-24-36)42-28-26-38(30-32(3)4)40-12-6-8-14-44(40)42/h5-28,31-32,51,53H,29-30H2,1-4H3. The summed E-state index contributed by atoms with van der Waals surface area (Å²) in [4.78, 5) is 0. The summed E-state index contributed by atoms with van der Waals surface area (Å²) in [7, 11) is 0. The van der Waals surface area contributed by atoms with Crippen LogP contribution in [0.1, 0.15) is 49.9 Å². The zero-order valence-electron chi connectivity index (χ0n) is 30.8. The molecule has 1 N–H and O–H groups in total. The van der Waals surface area contributed by atoms with Gasteiger partial charge >= 0.3 is 0 Å². The molecule has 0 amide bonds. The van der Waals surface area contributed by atoms with Gasteiger partial charge < -0.3 is 0 Å². The SMILES string of the molecule is CC(C)Cc1ccc(-c2ccc(C3=c4ccccc4=C(c4ccc(-c5ccc(CC(C)C)c6ccccc56)cc4)C(=NS)C3=N)cc2)c2ccccc12. The second kappa shape index (κ2) is 14.5. The second-order valence-electron chi connectivity index (χ2n) is 15.1. The smallest absolute Gasteiger partial charge is 0.105 e. The molecule has 0 unspecified atom stereocenters. The normalized spacial score (nSPS) is 13.9. The Morgan fingerprint density at radius 2 is 0.830 bits per heavy atom. The summed E-state index contributed by atoms with van der Waals surface area (Å²) in [5.74, 6) is 1.19. The van der Waals surface area contributed by atoms with Gasteiger partial charge in [-0.05, 0) is 114 Å². The van der Waals surface area contributed by atoms with E-state index in [1.807, 2.05) is 0 Å². The fourth-order valence-electron chi connectivity index (χ4n) is 8.21. The molecule has 2 nitrogen and oxygen atoms in total. The van der Waals surface area contributed by atoms with Crippen LogP contribution in [0.3, 0.4) is 0 Å². The lowest BCUT2D eigenvalue weighted by Crippen LogP contribution is -2.41. The topological polar surface area (TPSA) is 36.2 Å². The maximum atomic E-state index is 9.55. The van der Waals surface area contributed by atoms with Crippen molar-refractivity contribution in [1.82, 2.24) is 0 Å². The van der Waals surface area contributed by atoms with Crippen LogP contribution >= 0.6 is 12.8 Å². The molecule has 0 saturated heterocycles. The summed E-state index contributed by atoms with van der Waals surface area (Å²) in [5.41, 5.74) is 12.3. The van der Waals surface area contributed by atoms with Crippen LogP contribution in [0.4, 0.5) is 0 Å². The number of thiol groups is 1. The molecule has 53 heavy (non-hydrogen) atoms. The van der Waals surface area contributed by atoms with E-state index in [0.29, 0.717) is 23.3 Å². The molecular formula is C50H44N2S. The molecule has 0 fully saturated rings. The number of rotatable bonds is 8. The summed E-state index contributed by atoms with van der Waals surface area (Å²) < 4.78 is 4.47. The summed E-state index contributed by atoms with van der Waals surface area (Å²) in [6, 6.07) is 52.4. The molecule has 0 aliphatic heterocycles. The Bertz CT molecular complexity index is 2680. The fraction of sp³-hybridized carbons (Fsp3) is 0.160. The van der Waals surface area contributed by atoms with Crippen molar-refractivity contribution in [3.8, 4) is 22.3 Å². The average molecular weight is 705 g/mol. The highest BCUT2D eigenvalue weighted by molar-refractivity contribution is 7.79. The van der Waals surface area contributed by atoms with Crippen molar-refractivity contribution in [2.24, 2.45) is 16.2 Å². The zero-order valence-corrected chi connectivity index (χ0v) is 31.7. The van der Waals surface area contributed by atoms with Gasteiger partial charge in [0, 0.05) is 11.1 Å². The predicted molar refractivity (Wildman–Crippen MR) is 231 cm³/mol. The molecule has 7 aromatic carbocycles. The van der Waals surface area contributed by atoms with Gasteiger partial charge in [-0.25, -0.2) is 4.40 Å². The number of nitrogens with one attached hydrogen (secondary N) is 1. The van der Waals surface area contributed by atoms with E-state index in [9.17, 15) is 5.41 Å². The zero-order chi connectivity index (χ0) is 36.6. The van der Waals surface area contributed by atoms with Gasteiger partial charge in [0.05, 0.1) is 5.71 Å². The summed E-state index contributed by atoms with van der Waals surface area (Å²) in [6.45, 7) is 9.10. The van der Waals surface area contributed by atoms with E-state index in [1.54, 1.807) is 0 Å². The molecule has 8 rings (SSSR count). The Hall–Kier alpha value is -5.51. The van der Waals surface area contributed by atoms with Crippen molar-refractivity contribution < 1.29 is 0 Å². The number of nitrogens with zero attached hydrogens (tertiary/aromatic N) is 1. The van der Waals surface area contributed by atoms with E-state index in [-0.39, 0.29) is 0 Å². The van der Waals surface area contributed by atoms with Crippen molar-refractivity contribution in [3.63, 3.8) is 0 Å². The van der Waals surface area contributed by atoms with Gasteiger partial charge in [-0.15, -0.1) is 0 Å². The van der Waals surface area contributed by atoms with Crippen LogP contribution in [-0.4, -0.2) is 11.4 Å². The molecule has 0 aromatic heterocycles. The molecule has 0 bridgehead atoms. The minimum atomic E-state index is 0.376. The monoisotopic (exact) mass is 704 g/mol. The van der Waals surface area contributed by atoms with Crippen molar-refractivity contribution in [3.05, 3.63) is 178 Å². The highest BCUT2D eigenvalue weighted by Gasteiger charge is 2.26. The van der Waals surface area contributed by atoms with E-state index in [2.05, 4.69) is 191 Å². The summed E-state index contributed by atoms with van der Waals surface area (Å²) >= 11 is 4.47. The van der Waals surface area contributed by atoms with E-state index in [1.165, 1.54) is 49.4 Å². The van der Waals surface area contributed by atoms with Gasteiger partial charge in [-0.3, -0.25) is 5.41 Å². The molecule has 3 heteroatoms. The fourth-order valence-corrected chi connectivity index (χ4v) is 8.41. The summed E-state index contributed by atoms with van der Waals surface area (Å²) in [5, 5.41) is 16.8. The quantitative estimate of drug-likeness (QED) is 0.148. The van der Waals surface area contributed by atoms with Crippen molar-refractivity contribution in [2.75, 3.05) is 0 Å². The lowest BCUT2D eigenvalue weighted by Gasteiger charge is -2.21. The van der Waals surface area contributed by atoms with Crippen LogP contribution in [0.25, 0.3) is 54.9 Å². The number of benzene rings is 7. The van der Waals surface area contributed by atoms with Gasteiger partial charge in [-0.2, -0.15) is 0 Å². The largest absolute Gasteiger partial charge is 0.298 e. The maximum Gasteiger partial charge on any atom is 0.105 e. The number of fused-ring (bicyclic) bond motifs is 3. The van der Waals surface area contributed by atoms with Crippen molar-refractivity contribution in [2.45, 2.75) is 40.5 Å². The predicted octanol–water partition coefficient (Wildman–Crippen LogP) is 11.4. The molecule has 7 aromatic rings. The molecule has 0 spiro atoms. The maximum absolute atomic E-state index is 9.55. The third kappa shape index (κ3) is 6.44. The van der Waals surface area contributed by atoms with Crippen LogP contribution in [0, 0.1) is 17.2 Å². The Labute approximate surface area is 318 Å². The summed E-state index contributed by atoms with van der Waals surface area (Å²) in [6.07, 6.45) is 2.11. The first-order valence-corrected chi connectivity index (χ1v) is 19.1. The van der Waals surface area contributed by atoms with Crippen LogP contribution in [0.5, 0.6) is 0 Å². The van der Waals surface area contributed by atoms with Gasteiger partial charge in [0.1, 0.15) is 5.71 Å².